The van der Waals surface area contributed by atoms with Crippen LogP contribution in [0.25, 0.3) is 0 Å². The van der Waals surface area contributed by atoms with Crippen LogP contribution in [0.5, 0.6) is 0 Å². The molecule has 0 aliphatic carbocycles. The second-order valence-corrected chi connectivity index (χ2v) is 7.47. The zero-order valence-electron chi connectivity index (χ0n) is 17.4. The largest absolute Gasteiger partial charge is 0.386 e. The summed E-state index contributed by atoms with van der Waals surface area (Å²) in [6.45, 7) is 0. The minimum atomic E-state index is -0.714. The summed E-state index contributed by atoms with van der Waals surface area (Å²) in [6.07, 6.45) is 1.38. The van der Waals surface area contributed by atoms with Gasteiger partial charge in [0.1, 0.15) is 0 Å². The summed E-state index contributed by atoms with van der Waals surface area (Å²) in [6, 6.07) is 34.1. The fourth-order valence-corrected chi connectivity index (χ4v) is 3.45. The number of hydrogen-bond acceptors (Lipinski definition) is 4. The van der Waals surface area contributed by atoms with E-state index in [1.165, 1.54) is 0 Å². The second kappa shape index (κ2) is 10.2. The molecular formula is C28H22O4. The Morgan fingerprint density at radius 3 is 1.25 bits per heavy atom. The molecule has 0 aliphatic rings. The monoisotopic (exact) mass is 422 g/mol. The minimum absolute atomic E-state index is 0.323. The number of carbonyl (C=O) groups is 2. The van der Waals surface area contributed by atoms with Crippen molar-refractivity contribution in [3.05, 3.63) is 143 Å². The van der Waals surface area contributed by atoms with E-state index in [9.17, 15) is 9.59 Å². The second-order valence-electron chi connectivity index (χ2n) is 7.47. The van der Waals surface area contributed by atoms with Gasteiger partial charge in [0.15, 0.2) is 0 Å². The summed E-state index contributed by atoms with van der Waals surface area (Å²) in [7, 11) is 0. The Bertz CT molecular complexity index is 1100. The van der Waals surface area contributed by atoms with Gasteiger partial charge < -0.3 is 0 Å². The fourth-order valence-electron chi connectivity index (χ4n) is 3.45. The number of carbonyl (C=O) groups excluding carboxylic acids is 2. The first kappa shape index (κ1) is 21.1. The highest BCUT2D eigenvalue weighted by atomic mass is 17.2. The molecule has 0 spiro atoms. The summed E-state index contributed by atoms with van der Waals surface area (Å²) in [5.74, 6) is -1.43. The molecule has 0 aromatic heterocycles. The maximum atomic E-state index is 12.4. The highest BCUT2D eigenvalue weighted by molar-refractivity contribution is 5.92. The van der Waals surface area contributed by atoms with Crippen LogP contribution in [0.2, 0.25) is 0 Å². The van der Waals surface area contributed by atoms with E-state index in [1.54, 1.807) is 36.4 Å². The lowest BCUT2D eigenvalue weighted by Crippen LogP contribution is -2.12. The molecule has 0 N–H and O–H groups in total. The van der Waals surface area contributed by atoms with E-state index in [0.717, 1.165) is 22.3 Å². The molecule has 0 saturated carbocycles. The van der Waals surface area contributed by atoms with Crippen molar-refractivity contribution in [2.45, 2.75) is 12.8 Å². The van der Waals surface area contributed by atoms with Crippen molar-refractivity contribution in [3.8, 4) is 0 Å². The van der Waals surface area contributed by atoms with Gasteiger partial charge in [-0.05, 0) is 59.4 Å². The lowest BCUT2D eigenvalue weighted by atomic mass is 10.0. The third-order valence-corrected chi connectivity index (χ3v) is 5.02. The summed E-state index contributed by atoms with van der Waals surface area (Å²) in [5.41, 5.74) is 4.85. The molecule has 0 fully saturated rings. The lowest BCUT2D eigenvalue weighted by molar-refractivity contribution is -0.187. The van der Waals surface area contributed by atoms with Crippen LogP contribution in [-0.4, -0.2) is 11.9 Å². The quantitative estimate of drug-likeness (QED) is 0.291. The van der Waals surface area contributed by atoms with Crippen LogP contribution in [0.4, 0.5) is 0 Å². The van der Waals surface area contributed by atoms with Gasteiger partial charge in [-0.3, -0.25) is 0 Å². The first-order chi connectivity index (χ1) is 15.7. The van der Waals surface area contributed by atoms with E-state index in [4.69, 9.17) is 9.78 Å². The molecule has 4 aromatic carbocycles. The average molecular weight is 422 g/mol. The summed E-state index contributed by atoms with van der Waals surface area (Å²) in [5, 5.41) is 0. The van der Waals surface area contributed by atoms with Gasteiger partial charge in [-0.1, -0.05) is 84.9 Å². The molecule has 0 bridgehead atoms. The SMILES string of the molecule is O=C(OOC(=O)c1cccc(Cc2ccccc2)c1)c1cccc(Cc2ccccc2)c1. The Morgan fingerprint density at radius 1 is 0.469 bits per heavy atom. The molecule has 32 heavy (non-hydrogen) atoms. The van der Waals surface area contributed by atoms with Gasteiger partial charge in [0.05, 0.1) is 11.1 Å². The average Bonchev–Trinajstić information content (AvgIpc) is 2.84. The van der Waals surface area contributed by atoms with E-state index < -0.39 is 11.9 Å². The molecule has 0 saturated heterocycles. The van der Waals surface area contributed by atoms with Gasteiger partial charge >= 0.3 is 11.9 Å². The standard InChI is InChI=1S/C28H22O4/c29-27(25-15-7-13-23(19-25)17-21-9-3-1-4-10-21)31-32-28(30)26-16-8-14-24(20-26)18-22-11-5-2-6-12-22/h1-16,19-20H,17-18H2. The summed E-state index contributed by atoms with van der Waals surface area (Å²) in [4.78, 5) is 34.4. The molecule has 4 aromatic rings. The molecule has 0 aliphatic heterocycles. The van der Waals surface area contributed by atoms with Crippen molar-refractivity contribution in [2.75, 3.05) is 0 Å². The highest BCUT2D eigenvalue weighted by Crippen LogP contribution is 2.15. The number of benzene rings is 4. The Kier molecular flexibility index (Phi) is 6.73. The molecule has 0 heterocycles. The Balaban J connectivity index is 1.36. The Hall–Kier alpha value is -4.18. The zero-order chi connectivity index (χ0) is 22.2. The molecule has 158 valence electrons. The minimum Gasteiger partial charge on any atom is -0.242 e. The first-order valence-electron chi connectivity index (χ1n) is 10.4. The van der Waals surface area contributed by atoms with Crippen LogP contribution in [0, 0.1) is 0 Å². The molecule has 4 rings (SSSR count). The van der Waals surface area contributed by atoms with E-state index >= 15 is 0 Å². The normalized spacial score (nSPS) is 10.4. The first-order valence-corrected chi connectivity index (χ1v) is 10.4. The highest BCUT2D eigenvalue weighted by Gasteiger charge is 2.15. The fraction of sp³-hybridized carbons (Fsp3) is 0.0714. The predicted octanol–water partition coefficient (Wildman–Crippen LogP) is 5.80. The van der Waals surface area contributed by atoms with Gasteiger partial charge in [-0.25, -0.2) is 19.4 Å². The van der Waals surface area contributed by atoms with Crippen LogP contribution in [0.1, 0.15) is 43.0 Å². The van der Waals surface area contributed by atoms with Gasteiger partial charge in [-0.2, -0.15) is 0 Å². The van der Waals surface area contributed by atoms with Crippen LogP contribution in [0.15, 0.2) is 109 Å². The predicted molar refractivity (Wildman–Crippen MR) is 122 cm³/mol. The number of hydrogen-bond donors (Lipinski definition) is 0. The van der Waals surface area contributed by atoms with E-state index in [1.807, 2.05) is 72.8 Å². The van der Waals surface area contributed by atoms with Crippen molar-refractivity contribution in [3.63, 3.8) is 0 Å². The van der Waals surface area contributed by atoms with Gasteiger partial charge in [0.25, 0.3) is 0 Å². The van der Waals surface area contributed by atoms with Crippen LogP contribution in [-0.2, 0) is 22.6 Å². The maximum absolute atomic E-state index is 12.4. The molecule has 4 heteroatoms. The Labute approximate surface area is 187 Å². The molecule has 0 unspecified atom stereocenters. The molecule has 4 nitrogen and oxygen atoms in total. The summed E-state index contributed by atoms with van der Waals surface area (Å²) < 4.78 is 0. The maximum Gasteiger partial charge on any atom is 0.386 e. The number of rotatable bonds is 6. The van der Waals surface area contributed by atoms with Crippen molar-refractivity contribution in [2.24, 2.45) is 0 Å². The third kappa shape index (κ3) is 5.70. The van der Waals surface area contributed by atoms with Crippen molar-refractivity contribution in [1.29, 1.82) is 0 Å². The zero-order valence-corrected chi connectivity index (χ0v) is 17.4. The van der Waals surface area contributed by atoms with Crippen LogP contribution < -0.4 is 0 Å². The molecular weight excluding hydrogens is 400 g/mol. The van der Waals surface area contributed by atoms with E-state index in [-0.39, 0.29) is 0 Å². The lowest BCUT2D eigenvalue weighted by Gasteiger charge is -2.07. The van der Waals surface area contributed by atoms with Crippen molar-refractivity contribution in [1.82, 2.24) is 0 Å². The van der Waals surface area contributed by atoms with Crippen molar-refractivity contribution >= 4 is 11.9 Å². The summed E-state index contributed by atoms with van der Waals surface area (Å²) >= 11 is 0. The van der Waals surface area contributed by atoms with Gasteiger partial charge in [0.2, 0.25) is 0 Å². The van der Waals surface area contributed by atoms with Crippen LogP contribution in [0.3, 0.4) is 0 Å². The molecule has 0 radical (unpaired) electrons. The van der Waals surface area contributed by atoms with Crippen molar-refractivity contribution < 1.29 is 19.4 Å². The van der Waals surface area contributed by atoms with E-state index in [2.05, 4.69) is 0 Å². The van der Waals surface area contributed by atoms with Crippen LogP contribution >= 0.6 is 0 Å². The Morgan fingerprint density at radius 2 is 0.844 bits per heavy atom. The van der Waals surface area contributed by atoms with E-state index in [0.29, 0.717) is 24.0 Å². The topological polar surface area (TPSA) is 52.6 Å². The van der Waals surface area contributed by atoms with Gasteiger partial charge in [0, 0.05) is 0 Å². The molecule has 0 amide bonds. The third-order valence-electron chi connectivity index (χ3n) is 5.02. The van der Waals surface area contributed by atoms with Gasteiger partial charge in [-0.15, -0.1) is 0 Å². The smallest absolute Gasteiger partial charge is 0.242 e. The molecule has 0 atom stereocenters.